The van der Waals surface area contributed by atoms with Gasteiger partial charge in [-0.1, -0.05) is 23.2 Å². The Labute approximate surface area is 135 Å². The number of aryl methyl sites for hydroxylation is 1. The van der Waals surface area contributed by atoms with Crippen molar-refractivity contribution in [3.05, 3.63) is 51.5 Å². The van der Waals surface area contributed by atoms with Crippen molar-refractivity contribution in [3.8, 4) is 5.75 Å². The van der Waals surface area contributed by atoms with E-state index in [1.807, 2.05) is 33.2 Å². The monoisotopic (exact) mass is 324 g/mol. The smallest absolute Gasteiger partial charge is 0.139 e. The van der Waals surface area contributed by atoms with Gasteiger partial charge >= 0.3 is 0 Å². The van der Waals surface area contributed by atoms with Crippen LogP contribution in [0.15, 0.2) is 30.3 Å². The van der Waals surface area contributed by atoms with Crippen LogP contribution in [0.25, 0.3) is 0 Å². The van der Waals surface area contributed by atoms with Crippen molar-refractivity contribution in [2.75, 3.05) is 24.3 Å². The van der Waals surface area contributed by atoms with Gasteiger partial charge in [0.25, 0.3) is 0 Å². The van der Waals surface area contributed by atoms with E-state index in [9.17, 15) is 5.11 Å². The van der Waals surface area contributed by atoms with Gasteiger partial charge in [-0.3, -0.25) is 0 Å². The lowest BCUT2D eigenvalue weighted by Crippen LogP contribution is -2.09. The van der Waals surface area contributed by atoms with E-state index in [0.717, 1.165) is 16.9 Å². The second kappa shape index (κ2) is 6.46. The SMILES string of the molecule is Cc1cc(N(C)C)ccc1NCc1cc(Cl)cc(Cl)c1O. The zero-order valence-electron chi connectivity index (χ0n) is 12.2. The summed E-state index contributed by atoms with van der Waals surface area (Å²) in [5.74, 6) is 0.0659. The van der Waals surface area contributed by atoms with Crippen LogP contribution in [0.4, 0.5) is 11.4 Å². The van der Waals surface area contributed by atoms with Gasteiger partial charge in [0.05, 0.1) is 5.02 Å². The van der Waals surface area contributed by atoms with E-state index in [2.05, 4.69) is 16.3 Å². The fourth-order valence-corrected chi connectivity index (χ4v) is 2.60. The van der Waals surface area contributed by atoms with E-state index in [1.165, 1.54) is 6.07 Å². The molecule has 0 atom stereocenters. The Morgan fingerprint density at radius 2 is 1.86 bits per heavy atom. The number of rotatable bonds is 4. The van der Waals surface area contributed by atoms with Gasteiger partial charge in [0, 0.05) is 42.6 Å². The van der Waals surface area contributed by atoms with Crippen LogP contribution in [0.2, 0.25) is 10.0 Å². The molecule has 3 nitrogen and oxygen atoms in total. The summed E-state index contributed by atoms with van der Waals surface area (Å²) >= 11 is 11.9. The zero-order valence-corrected chi connectivity index (χ0v) is 13.8. The highest BCUT2D eigenvalue weighted by molar-refractivity contribution is 6.35. The van der Waals surface area contributed by atoms with Gasteiger partial charge in [0.2, 0.25) is 0 Å². The van der Waals surface area contributed by atoms with E-state index < -0.39 is 0 Å². The van der Waals surface area contributed by atoms with Crippen molar-refractivity contribution in [3.63, 3.8) is 0 Å². The summed E-state index contributed by atoms with van der Waals surface area (Å²) in [6.45, 7) is 2.49. The van der Waals surface area contributed by atoms with Gasteiger partial charge in [-0.05, 0) is 42.8 Å². The molecule has 21 heavy (non-hydrogen) atoms. The molecule has 0 aliphatic heterocycles. The molecule has 0 unspecified atom stereocenters. The lowest BCUT2D eigenvalue weighted by atomic mass is 10.1. The largest absolute Gasteiger partial charge is 0.506 e. The summed E-state index contributed by atoms with van der Waals surface area (Å²) in [7, 11) is 4.02. The first kappa shape index (κ1) is 15.8. The minimum Gasteiger partial charge on any atom is -0.506 e. The molecule has 0 aromatic heterocycles. The minimum atomic E-state index is 0.0659. The summed E-state index contributed by atoms with van der Waals surface area (Å²) < 4.78 is 0. The molecule has 0 aliphatic rings. The maximum atomic E-state index is 9.95. The van der Waals surface area contributed by atoms with Gasteiger partial charge in [-0.25, -0.2) is 0 Å². The number of aromatic hydroxyl groups is 1. The number of benzene rings is 2. The topological polar surface area (TPSA) is 35.5 Å². The summed E-state index contributed by atoms with van der Waals surface area (Å²) in [6.07, 6.45) is 0. The number of hydrogen-bond acceptors (Lipinski definition) is 3. The maximum Gasteiger partial charge on any atom is 0.139 e. The predicted molar refractivity (Wildman–Crippen MR) is 91.0 cm³/mol. The number of phenols is 1. The van der Waals surface area contributed by atoms with Gasteiger partial charge in [-0.2, -0.15) is 0 Å². The van der Waals surface area contributed by atoms with Gasteiger partial charge in [0.1, 0.15) is 5.75 Å². The van der Waals surface area contributed by atoms with Gasteiger partial charge in [-0.15, -0.1) is 0 Å². The highest BCUT2D eigenvalue weighted by Crippen LogP contribution is 2.32. The van der Waals surface area contributed by atoms with Crippen LogP contribution in [-0.4, -0.2) is 19.2 Å². The standard InChI is InChI=1S/C16H18Cl2N2O/c1-10-6-13(20(2)3)4-5-15(10)19-9-11-7-12(17)8-14(18)16(11)21/h4-8,19,21H,9H2,1-3H3. The third kappa shape index (κ3) is 3.74. The Bertz CT molecular complexity index is 657. The molecule has 2 N–H and O–H groups in total. The predicted octanol–water partition coefficient (Wildman–Crippen LogP) is 4.69. The third-order valence-electron chi connectivity index (χ3n) is 3.30. The van der Waals surface area contributed by atoms with Crippen molar-refractivity contribution in [2.24, 2.45) is 0 Å². The molecule has 0 aliphatic carbocycles. The molecule has 5 heteroatoms. The van der Waals surface area contributed by atoms with E-state index in [4.69, 9.17) is 23.2 Å². The molecule has 0 amide bonds. The van der Waals surface area contributed by atoms with Crippen molar-refractivity contribution in [2.45, 2.75) is 13.5 Å². The summed E-state index contributed by atoms with van der Waals surface area (Å²) in [5.41, 5.74) is 3.96. The molecule has 0 spiro atoms. The third-order valence-corrected chi connectivity index (χ3v) is 3.81. The minimum absolute atomic E-state index is 0.0659. The summed E-state index contributed by atoms with van der Waals surface area (Å²) in [4.78, 5) is 2.05. The van der Waals surface area contributed by atoms with Crippen LogP contribution in [0.1, 0.15) is 11.1 Å². The van der Waals surface area contributed by atoms with Crippen LogP contribution in [0.5, 0.6) is 5.75 Å². The van der Waals surface area contributed by atoms with Crippen molar-refractivity contribution in [1.29, 1.82) is 0 Å². The molecule has 2 rings (SSSR count). The van der Waals surface area contributed by atoms with Crippen LogP contribution in [-0.2, 0) is 6.54 Å². The molecule has 0 heterocycles. The first-order chi connectivity index (χ1) is 9.88. The number of halogens is 2. The Morgan fingerprint density at radius 1 is 1.14 bits per heavy atom. The van der Waals surface area contributed by atoms with Gasteiger partial charge < -0.3 is 15.3 Å². The normalized spacial score (nSPS) is 10.5. The molecule has 2 aromatic carbocycles. The molecule has 2 aromatic rings. The first-order valence-electron chi connectivity index (χ1n) is 6.57. The molecule has 0 fully saturated rings. The van der Waals surface area contributed by atoms with Crippen LogP contribution >= 0.6 is 23.2 Å². The van der Waals surface area contributed by atoms with Crippen LogP contribution in [0.3, 0.4) is 0 Å². The van der Waals surface area contributed by atoms with E-state index in [1.54, 1.807) is 6.07 Å². The number of nitrogens with one attached hydrogen (secondary N) is 1. The molecule has 112 valence electrons. The van der Waals surface area contributed by atoms with E-state index in [-0.39, 0.29) is 10.8 Å². The lowest BCUT2D eigenvalue weighted by molar-refractivity contribution is 0.469. The molecular formula is C16H18Cl2N2O. The maximum absolute atomic E-state index is 9.95. The highest BCUT2D eigenvalue weighted by atomic mass is 35.5. The Morgan fingerprint density at radius 3 is 2.48 bits per heavy atom. The van der Waals surface area contributed by atoms with Crippen molar-refractivity contribution >= 4 is 34.6 Å². The molecule has 0 radical (unpaired) electrons. The number of anilines is 2. The second-order valence-corrected chi connectivity index (χ2v) is 5.99. The fourth-order valence-electron chi connectivity index (χ4n) is 2.07. The molecule has 0 saturated carbocycles. The van der Waals surface area contributed by atoms with Crippen LogP contribution < -0.4 is 10.2 Å². The fraction of sp³-hybridized carbons (Fsp3) is 0.250. The van der Waals surface area contributed by atoms with E-state index >= 15 is 0 Å². The molecule has 0 saturated heterocycles. The Kier molecular flexibility index (Phi) is 4.86. The average Bonchev–Trinajstić information content (AvgIpc) is 2.42. The lowest BCUT2D eigenvalue weighted by Gasteiger charge is -2.16. The van der Waals surface area contributed by atoms with Crippen molar-refractivity contribution < 1.29 is 5.11 Å². The highest BCUT2D eigenvalue weighted by Gasteiger charge is 2.08. The number of phenolic OH excluding ortho intramolecular Hbond substituents is 1. The first-order valence-corrected chi connectivity index (χ1v) is 7.33. The number of nitrogens with zero attached hydrogens (tertiary/aromatic N) is 1. The quantitative estimate of drug-likeness (QED) is 0.856. The summed E-state index contributed by atoms with van der Waals surface area (Å²) in [6, 6.07) is 9.40. The molecule has 0 bridgehead atoms. The average molecular weight is 325 g/mol. The van der Waals surface area contributed by atoms with E-state index in [0.29, 0.717) is 17.1 Å². The summed E-state index contributed by atoms with van der Waals surface area (Å²) in [5, 5.41) is 14.0. The Balaban J connectivity index is 2.17. The molecular weight excluding hydrogens is 307 g/mol. The van der Waals surface area contributed by atoms with Crippen molar-refractivity contribution in [1.82, 2.24) is 0 Å². The van der Waals surface area contributed by atoms with Gasteiger partial charge in [0.15, 0.2) is 0 Å². The second-order valence-electron chi connectivity index (χ2n) is 5.14. The Hall–Kier alpha value is -1.58. The number of hydrogen-bond donors (Lipinski definition) is 2. The van der Waals surface area contributed by atoms with Crippen LogP contribution in [0, 0.1) is 6.92 Å². The zero-order chi connectivity index (χ0) is 15.6.